The van der Waals surface area contributed by atoms with E-state index in [1.165, 1.54) is 5.56 Å². The summed E-state index contributed by atoms with van der Waals surface area (Å²) in [5, 5.41) is 4.37. The van der Waals surface area contributed by atoms with Crippen molar-refractivity contribution in [3.63, 3.8) is 0 Å². The summed E-state index contributed by atoms with van der Waals surface area (Å²) in [7, 11) is 0. The Hall–Kier alpha value is -1.72. The van der Waals surface area contributed by atoms with Crippen LogP contribution in [0.2, 0.25) is 0 Å². The standard InChI is InChI=1S/C18H21N3OS/c22-18-4-3-16-17(21(18)12-14-2-1-7-19-10-14)5-8-20(16)11-15-6-9-23-13-15/h1-2,6-7,9-10,13,16-17H,3-5,8,11-12H2/t16-,17-/m1/s1. The van der Waals surface area contributed by atoms with Gasteiger partial charge in [0.25, 0.3) is 0 Å². The fourth-order valence-corrected chi connectivity index (χ4v) is 4.61. The Morgan fingerprint density at radius 1 is 1.17 bits per heavy atom. The van der Waals surface area contributed by atoms with E-state index in [0.717, 1.165) is 31.5 Å². The lowest BCUT2D eigenvalue weighted by molar-refractivity contribution is -0.138. The van der Waals surface area contributed by atoms with Crippen molar-refractivity contribution in [3.8, 4) is 0 Å². The van der Waals surface area contributed by atoms with E-state index in [1.807, 2.05) is 12.3 Å². The maximum Gasteiger partial charge on any atom is 0.223 e. The van der Waals surface area contributed by atoms with Crippen LogP contribution in [0.25, 0.3) is 0 Å². The predicted molar refractivity (Wildman–Crippen MR) is 90.9 cm³/mol. The van der Waals surface area contributed by atoms with Crippen molar-refractivity contribution in [1.82, 2.24) is 14.8 Å². The molecule has 2 aliphatic rings. The minimum atomic E-state index is 0.299. The second-order valence-electron chi connectivity index (χ2n) is 6.45. The first kappa shape index (κ1) is 14.8. The van der Waals surface area contributed by atoms with Crippen molar-refractivity contribution in [3.05, 3.63) is 52.5 Å². The molecule has 2 aliphatic heterocycles. The van der Waals surface area contributed by atoms with Crippen LogP contribution in [0.4, 0.5) is 0 Å². The second kappa shape index (κ2) is 6.42. The van der Waals surface area contributed by atoms with Gasteiger partial charge in [-0.2, -0.15) is 11.3 Å². The molecule has 2 fully saturated rings. The molecule has 4 rings (SSSR count). The maximum absolute atomic E-state index is 12.5. The van der Waals surface area contributed by atoms with Crippen molar-refractivity contribution in [1.29, 1.82) is 0 Å². The number of aromatic nitrogens is 1. The van der Waals surface area contributed by atoms with Gasteiger partial charge in [0, 0.05) is 50.5 Å². The summed E-state index contributed by atoms with van der Waals surface area (Å²) in [6.07, 6.45) is 6.40. The zero-order chi connectivity index (χ0) is 15.6. The van der Waals surface area contributed by atoms with E-state index in [4.69, 9.17) is 0 Å². The van der Waals surface area contributed by atoms with Gasteiger partial charge in [-0.3, -0.25) is 14.7 Å². The van der Waals surface area contributed by atoms with Gasteiger partial charge < -0.3 is 4.90 Å². The van der Waals surface area contributed by atoms with Crippen LogP contribution in [0, 0.1) is 0 Å². The Morgan fingerprint density at radius 3 is 2.91 bits per heavy atom. The van der Waals surface area contributed by atoms with Crippen molar-refractivity contribution < 1.29 is 4.79 Å². The number of rotatable bonds is 4. The molecule has 0 aromatic carbocycles. The number of piperidine rings is 1. The van der Waals surface area contributed by atoms with E-state index in [0.29, 0.717) is 31.0 Å². The maximum atomic E-state index is 12.5. The molecule has 0 aliphatic carbocycles. The average Bonchev–Trinajstić information content (AvgIpc) is 3.22. The number of hydrogen-bond acceptors (Lipinski definition) is 4. The van der Waals surface area contributed by atoms with Crippen LogP contribution in [-0.2, 0) is 17.9 Å². The zero-order valence-corrected chi connectivity index (χ0v) is 13.9. The minimum absolute atomic E-state index is 0.299. The predicted octanol–water partition coefficient (Wildman–Crippen LogP) is 2.91. The third kappa shape index (κ3) is 3.03. The third-order valence-corrected chi connectivity index (χ3v) is 5.77. The van der Waals surface area contributed by atoms with E-state index in [1.54, 1.807) is 17.5 Å². The molecular weight excluding hydrogens is 306 g/mol. The smallest absolute Gasteiger partial charge is 0.223 e. The number of hydrogen-bond donors (Lipinski definition) is 0. The summed E-state index contributed by atoms with van der Waals surface area (Å²) in [5.41, 5.74) is 2.52. The Kier molecular flexibility index (Phi) is 4.14. The summed E-state index contributed by atoms with van der Waals surface area (Å²) in [4.78, 5) is 21.3. The van der Waals surface area contributed by atoms with Crippen molar-refractivity contribution in [2.75, 3.05) is 6.54 Å². The number of nitrogens with zero attached hydrogens (tertiary/aromatic N) is 3. The number of thiophene rings is 1. The normalized spacial score (nSPS) is 24.9. The molecule has 5 heteroatoms. The summed E-state index contributed by atoms with van der Waals surface area (Å²) in [6.45, 7) is 2.79. The van der Waals surface area contributed by atoms with Crippen LogP contribution in [0.5, 0.6) is 0 Å². The molecule has 23 heavy (non-hydrogen) atoms. The van der Waals surface area contributed by atoms with Crippen molar-refractivity contribution in [2.24, 2.45) is 0 Å². The summed E-state index contributed by atoms with van der Waals surface area (Å²) >= 11 is 1.76. The van der Waals surface area contributed by atoms with Gasteiger partial charge >= 0.3 is 0 Å². The van der Waals surface area contributed by atoms with Gasteiger partial charge in [-0.25, -0.2) is 0 Å². The lowest BCUT2D eigenvalue weighted by Gasteiger charge is -2.40. The number of carbonyl (C=O) groups excluding carboxylic acids is 1. The first-order valence-corrected chi connectivity index (χ1v) is 9.19. The number of pyridine rings is 1. The molecular formula is C18H21N3OS. The highest BCUT2D eigenvalue weighted by atomic mass is 32.1. The molecule has 4 heterocycles. The molecule has 0 N–H and O–H groups in total. The lowest BCUT2D eigenvalue weighted by atomic mass is 9.95. The number of amides is 1. The summed E-state index contributed by atoms with van der Waals surface area (Å²) < 4.78 is 0. The summed E-state index contributed by atoms with van der Waals surface area (Å²) in [5.74, 6) is 0.299. The van der Waals surface area contributed by atoms with E-state index in [-0.39, 0.29) is 0 Å². The van der Waals surface area contributed by atoms with Crippen LogP contribution >= 0.6 is 11.3 Å². The Labute approximate surface area is 140 Å². The molecule has 1 amide bonds. The average molecular weight is 327 g/mol. The highest BCUT2D eigenvalue weighted by molar-refractivity contribution is 7.07. The molecule has 0 bridgehead atoms. The second-order valence-corrected chi connectivity index (χ2v) is 7.23. The molecule has 0 radical (unpaired) electrons. The fraction of sp³-hybridized carbons (Fsp3) is 0.444. The van der Waals surface area contributed by atoms with Gasteiger partial charge in [0.1, 0.15) is 0 Å². The lowest BCUT2D eigenvalue weighted by Crippen LogP contribution is -2.51. The summed E-state index contributed by atoms with van der Waals surface area (Å²) in [6, 6.07) is 7.07. The Bertz CT molecular complexity index is 658. The highest BCUT2D eigenvalue weighted by Gasteiger charge is 2.42. The SMILES string of the molecule is O=C1CC[C@@H]2[C@@H](CCN2Cc2ccsc2)N1Cc1cccnc1. The molecule has 0 spiro atoms. The largest absolute Gasteiger partial charge is 0.334 e. The van der Waals surface area contributed by atoms with Gasteiger partial charge in [-0.05, 0) is 46.9 Å². The number of fused-ring (bicyclic) bond motifs is 1. The van der Waals surface area contributed by atoms with E-state index in [2.05, 4.69) is 37.7 Å². The van der Waals surface area contributed by atoms with E-state index < -0.39 is 0 Å². The first-order valence-electron chi connectivity index (χ1n) is 8.25. The molecule has 2 aromatic rings. The van der Waals surface area contributed by atoms with Gasteiger partial charge in [-0.1, -0.05) is 6.07 Å². The van der Waals surface area contributed by atoms with Crippen LogP contribution in [0.3, 0.4) is 0 Å². The highest BCUT2D eigenvalue weighted by Crippen LogP contribution is 2.33. The van der Waals surface area contributed by atoms with Crippen LogP contribution in [-0.4, -0.2) is 39.3 Å². The number of carbonyl (C=O) groups is 1. The molecule has 0 saturated carbocycles. The van der Waals surface area contributed by atoms with Crippen molar-refractivity contribution in [2.45, 2.75) is 44.4 Å². The molecule has 4 nitrogen and oxygen atoms in total. The number of likely N-dealkylation sites (tertiary alicyclic amines) is 2. The fourth-order valence-electron chi connectivity index (χ4n) is 3.95. The van der Waals surface area contributed by atoms with E-state index >= 15 is 0 Å². The van der Waals surface area contributed by atoms with Gasteiger partial charge in [0.2, 0.25) is 5.91 Å². The van der Waals surface area contributed by atoms with Gasteiger partial charge in [0.15, 0.2) is 0 Å². The quantitative estimate of drug-likeness (QED) is 0.866. The Morgan fingerprint density at radius 2 is 2.13 bits per heavy atom. The molecule has 0 unspecified atom stereocenters. The van der Waals surface area contributed by atoms with Gasteiger partial charge in [0.05, 0.1) is 0 Å². The van der Waals surface area contributed by atoms with E-state index in [9.17, 15) is 4.79 Å². The minimum Gasteiger partial charge on any atom is -0.334 e. The first-order chi connectivity index (χ1) is 11.3. The van der Waals surface area contributed by atoms with Crippen LogP contribution < -0.4 is 0 Å². The van der Waals surface area contributed by atoms with Gasteiger partial charge in [-0.15, -0.1) is 0 Å². The monoisotopic (exact) mass is 327 g/mol. The van der Waals surface area contributed by atoms with Crippen LogP contribution in [0.1, 0.15) is 30.4 Å². The molecule has 2 atom stereocenters. The Balaban J connectivity index is 1.49. The van der Waals surface area contributed by atoms with Crippen LogP contribution in [0.15, 0.2) is 41.4 Å². The molecule has 2 aromatic heterocycles. The molecule has 120 valence electrons. The topological polar surface area (TPSA) is 36.4 Å². The zero-order valence-electron chi connectivity index (χ0n) is 13.1. The van der Waals surface area contributed by atoms with Crippen molar-refractivity contribution >= 4 is 17.2 Å². The molecule has 2 saturated heterocycles. The third-order valence-electron chi connectivity index (χ3n) is 5.04.